The van der Waals surface area contributed by atoms with Crippen LogP contribution in [0.1, 0.15) is 53.7 Å². The number of ketones is 1. The van der Waals surface area contributed by atoms with Gasteiger partial charge in [-0.3, -0.25) is 9.69 Å². The Labute approximate surface area is 123 Å². The second-order valence-electron chi connectivity index (χ2n) is 6.53. The van der Waals surface area contributed by atoms with E-state index in [1.165, 1.54) is 18.4 Å². The van der Waals surface area contributed by atoms with Gasteiger partial charge >= 0.3 is 0 Å². The topological polar surface area (TPSA) is 20.3 Å². The second kappa shape index (κ2) is 6.09. The summed E-state index contributed by atoms with van der Waals surface area (Å²) < 4.78 is 0. The number of aryl methyl sites for hydroxylation is 3. The maximum absolute atomic E-state index is 12.7. The van der Waals surface area contributed by atoms with E-state index >= 15 is 0 Å². The summed E-state index contributed by atoms with van der Waals surface area (Å²) in [6.07, 6.45) is 2.50. The molecule has 0 N–H and O–H groups in total. The molecule has 0 aromatic heterocycles. The molecular weight excluding hydrogens is 246 g/mol. The van der Waals surface area contributed by atoms with E-state index in [0.29, 0.717) is 18.5 Å². The van der Waals surface area contributed by atoms with Gasteiger partial charge in [0.2, 0.25) is 0 Å². The maximum Gasteiger partial charge on any atom is 0.177 e. The highest BCUT2D eigenvalue weighted by atomic mass is 16.1. The lowest BCUT2D eigenvalue weighted by molar-refractivity contribution is 0.0778. The normalized spacial score (nSPS) is 23.9. The Hall–Kier alpha value is -1.15. The van der Waals surface area contributed by atoms with Gasteiger partial charge < -0.3 is 0 Å². The monoisotopic (exact) mass is 273 g/mol. The molecule has 0 aliphatic carbocycles. The molecule has 1 saturated heterocycles. The Bertz CT molecular complexity index is 483. The summed E-state index contributed by atoms with van der Waals surface area (Å²) >= 11 is 0. The zero-order valence-corrected chi connectivity index (χ0v) is 13.5. The van der Waals surface area contributed by atoms with Gasteiger partial charge in [0, 0.05) is 11.6 Å². The summed E-state index contributed by atoms with van der Waals surface area (Å²) in [5.41, 5.74) is 4.40. The van der Waals surface area contributed by atoms with Gasteiger partial charge in [0.1, 0.15) is 0 Å². The van der Waals surface area contributed by atoms with Crippen molar-refractivity contribution < 1.29 is 4.79 Å². The Balaban J connectivity index is 2.16. The van der Waals surface area contributed by atoms with Gasteiger partial charge in [-0.05, 0) is 64.1 Å². The molecule has 2 nitrogen and oxygen atoms in total. The molecule has 2 heteroatoms. The standard InChI is InChI=1S/C18H27NO/c1-12-9-14(3)18(15(4)10-12)17(20)11-19-8-6-7-13(2)16(19)5/h9-10,13,16H,6-8,11H2,1-5H3. The second-order valence-corrected chi connectivity index (χ2v) is 6.53. The minimum absolute atomic E-state index is 0.279. The van der Waals surface area contributed by atoms with Crippen molar-refractivity contribution in [3.05, 3.63) is 34.4 Å². The van der Waals surface area contributed by atoms with Crippen molar-refractivity contribution in [1.29, 1.82) is 0 Å². The van der Waals surface area contributed by atoms with E-state index < -0.39 is 0 Å². The summed E-state index contributed by atoms with van der Waals surface area (Å²) in [4.78, 5) is 15.0. The van der Waals surface area contributed by atoms with Crippen molar-refractivity contribution in [2.45, 2.75) is 53.5 Å². The van der Waals surface area contributed by atoms with Crippen LogP contribution in [0, 0.1) is 26.7 Å². The average molecular weight is 273 g/mol. The molecule has 2 rings (SSSR count). The van der Waals surface area contributed by atoms with E-state index in [2.05, 4.69) is 51.7 Å². The fourth-order valence-corrected chi connectivity index (χ4v) is 3.53. The first-order valence-corrected chi connectivity index (χ1v) is 7.75. The molecule has 20 heavy (non-hydrogen) atoms. The molecule has 0 amide bonds. The first-order chi connectivity index (χ1) is 9.40. The summed E-state index contributed by atoms with van der Waals surface area (Å²) in [6.45, 7) is 12.4. The SMILES string of the molecule is Cc1cc(C)c(C(=O)CN2CCCC(C)C2C)c(C)c1. The van der Waals surface area contributed by atoms with Crippen LogP contribution >= 0.6 is 0 Å². The third-order valence-corrected chi connectivity index (χ3v) is 4.81. The Morgan fingerprint density at radius 2 is 1.80 bits per heavy atom. The molecule has 0 radical (unpaired) electrons. The zero-order valence-electron chi connectivity index (χ0n) is 13.5. The van der Waals surface area contributed by atoms with Crippen LogP contribution in [0.3, 0.4) is 0 Å². The van der Waals surface area contributed by atoms with Gasteiger partial charge in [0.25, 0.3) is 0 Å². The molecule has 1 aromatic rings. The summed E-state index contributed by atoms with van der Waals surface area (Å²) in [7, 11) is 0. The van der Waals surface area contributed by atoms with Crippen molar-refractivity contribution in [1.82, 2.24) is 4.90 Å². The number of hydrogen-bond acceptors (Lipinski definition) is 2. The number of hydrogen-bond donors (Lipinski definition) is 0. The highest BCUT2D eigenvalue weighted by molar-refractivity contribution is 6.00. The van der Waals surface area contributed by atoms with Gasteiger partial charge in [-0.2, -0.15) is 0 Å². The minimum Gasteiger partial charge on any atom is -0.293 e. The van der Waals surface area contributed by atoms with Crippen molar-refractivity contribution in [2.24, 2.45) is 5.92 Å². The fraction of sp³-hybridized carbons (Fsp3) is 0.611. The van der Waals surface area contributed by atoms with E-state index in [4.69, 9.17) is 0 Å². The van der Waals surface area contributed by atoms with Crippen molar-refractivity contribution in [3.8, 4) is 0 Å². The van der Waals surface area contributed by atoms with E-state index in [1.54, 1.807) is 0 Å². The first-order valence-electron chi connectivity index (χ1n) is 7.75. The molecule has 1 heterocycles. The summed E-state index contributed by atoms with van der Waals surface area (Å²) in [5.74, 6) is 0.970. The third-order valence-electron chi connectivity index (χ3n) is 4.81. The van der Waals surface area contributed by atoms with Gasteiger partial charge in [0.05, 0.1) is 6.54 Å². The Morgan fingerprint density at radius 3 is 2.40 bits per heavy atom. The molecule has 0 bridgehead atoms. The number of rotatable bonds is 3. The molecule has 1 aliphatic rings. The molecule has 1 aliphatic heterocycles. The fourth-order valence-electron chi connectivity index (χ4n) is 3.53. The number of benzene rings is 1. The predicted octanol–water partition coefficient (Wildman–Crippen LogP) is 3.91. The van der Waals surface area contributed by atoms with Crippen LogP contribution < -0.4 is 0 Å². The minimum atomic E-state index is 0.279. The Kier molecular flexibility index (Phi) is 4.64. The summed E-state index contributed by atoms with van der Waals surface area (Å²) in [5, 5.41) is 0. The number of likely N-dealkylation sites (tertiary alicyclic amines) is 1. The molecule has 0 saturated carbocycles. The van der Waals surface area contributed by atoms with Crippen LogP contribution in [0.2, 0.25) is 0 Å². The zero-order chi connectivity index (χ0) is 14.9. The molecule has 1 aromatic carbocycles. The van der Waals surface area contributed by atoms with E-state index in [-0.39, 0.29) is 5.78 Å². The number of Topliss-reactive ketones (excluding diaryl/α,β-unsaturated/α-hetero) is 1. The van der Waals surface area contributed by atoms with Crippen LogP contribution in [0.4, 0.5) is 0 Å². The van der Waals surface area contributed by atoms with Crippen molar-refractivity contribution >= 4 is 5.78 Å². The van der Waals surface area contributed by atoms with Crippen molar-refractivity contribution in [2.75, 3.05) is 13.1 Å². The average Bonchev–Trinajstić information content (AvgIpc) is 2.33. The quantitative estimate of drug-likeness (QED) is 0.778. The molecule has 2 atom stereocenters. The molecule has 1 fully saturated rings. The number of carbonyl (C=O) groups excluding carboxylic acids is 1. The van der Waals surface area contributed by atoms with Crippen LogP contribution in [0.25, 0.3) is 0 Å². The maximum atomic E-state index is 12.7. The summed E-state index contributed by atoms with van der Waals surface area (Å²) in [6, 6.07) is 4.74. The van der Waals surface area contributed by atoms with Crippen molar-refractivity contribution in [3.63, 3.8) is 0 Å². The largest absolute Gasteiger partial charge is 0.293 e. The molecule has 0 spiro atoms. The van der Waals surface area contributed by atoms with E-state index in [0.717, 1.165) is 23.2 Å². The van der Waals surface area contributed by atoms with E-state index in [1.807, 2.05) is 0 Å². The van der Waals surface area contributed by atoms with Gasteiger partial charge in [0.15, 0.2) is 5.78 Å². The highest BCUT2D eigenvalue weighted by Crippen LogP contribution is 2.24. The van der Waals surface area contributed by atoms with Gasteiger partial charge in [-0.1, -0.05) is 24.6 Å². The van der Waals surface area contributed by atoms with Gasteiger partial charge in [-0.25, -0.2) is 0 Å². The lowest BCUT2D eigenvalue weighted by atomic mass is 9.91. The molecule has 2 unspecified atom stereocenters. The predicted molar refractivity (Wildman–Crippen MR) is 84.4 cm³/mol. The Morgan fingerprint density at radius 1 is 1.20 bits per heavy atom. The van der Waals surface area contributed by atoms with Crippen LogP contribution in [0.15, 0.2) is 12.1 Å². The first kappa shape index (κ1) is 15.2. The number of carbonyl (C=O) groups is 1. The van der Waals surface area contributed by atoms with Crippen LogP contribution in [0.5, 0.6) is 0 Å². The number of piperidine rings is 1. The number of nitrogens with zero attached hydrogens (tertiary/aromatic N) is 1. The van der Waals surface area contributed by atoms with Crippen LogP contribution in [-0.2, 0) is 0 Å². The van der Waals surface area contributed by atoms with Crippen LogP contribution in [-0.4, -0.2) is 29.8 Å². The molecular formula is C18H27NO. The van der Waals surface area contributed by atoms with E-state index in [9.17, 15) is 4.79 Å². The molecule has 110 valence electrons. The lowest BCUT2D eigenvalue weighted by Gasteiger charge is -2.37. The lowest BCUT2D eigenvalue weighted by Crippen LogP contribution is -2.45. The highest BCUT2D eigenvalue weighted by Gasteiger charge is 2.27. The smallest absolute Gasteiger partial charge is 0.177 e. The third kappa shape index (κ3) is 3.12. The van der Waals surface area contributed by atoms with Gasteiger partial charge in [-0.15, -0.1) is 0 Å².